The summed E-state index contributed by atoms with van der Waals surface area (Å²) in [4.78, 5) is 0. The van der Waals surface area contributed by atoms with Crippen molar-refractivity contribution >= 4 is 0 Å². The molecule has 0 radical (unpaired) electrons. The van der Waals surface area contributed by atoms with Gasteiger partial charge in [-0.3, -0.25) is 0 Å². The predicted molar refractivity (Wildman–Crippen MR) is 75.6 cm³/mol. The van der Waals surface area contributed by atoms with E-state index in [0.717, 1.165) is 31.7 Å². The molecule has 2 nitrogen and oxygen atoms in total. The molecular weight excluding hydrogens is 222 g/mol. The molecule has 0 amide bonds. The molecule has 1 aliphatic rings. The molecule has 3 atom stereocenters. The molecule has 1 aromatic carbocycles. The van der Waals surface area contributed by atoms with Gasteiger partial charge in [0.15, 0.2) is 0 Å². The average Bonchev–Trinajstić information content (AvgIpc) is 2.46. The second-order valence-corrected chi connectivity index (χ2v) is 5.45. The van der Waals surface area contributed by atoms with Crippen LogP contribution in [0.15, 0.2) is 30.3 Å². The zero-order valence-corrected chi connectivity index (χ0v) is 11.3. The molecule has 2 rings (SSSR count). The highest BCUT2D eigenvalue weighted by Gasteiger charge is 2.25. The Morgan fingerprint density at radius 1 is 1.33 bits per heavy atom. The number of aliphatic hydroxyl groups excluding tert-OH is 1. The molecule has 2 heteroatoms. The summed E-state index contributed by atoms with van der Waals surface area (Å²) >= 11 is 0. The van der Waals surface area contributed by atoms with E-state index in [9.17, 15) is 5.11 Å². The fourth-order valence-corrected chi connectivity index (χ4v) is 2.86. The van der Waals surface area contributed by atoms with Crippen LogP contribution in [-0.2, 0) is 6.42 Å². The van der Waals surface area contributed by atoms with E-state index in [2.05, 4.69) is 36.5 Å². The van der Waals surface area contributed by atoms with Crippen LogP contribution in [0.25, 0.3) is 0 Å². The summed E-state index contributed by atoms with van der Waals surface area (Å²) in [7, 11) is 0. The molecular formula is C16H25NO. The Labute approximate surface area is 110 Å². The van der Waals surface area contributed by atoms with Gasteiger partial charge >= 0.3 is 0 Å². The maximum absolute atomic E-state index is 10.3. The minimum absolute atomic E-state index is 0.209. The number of nitrogens with one attached hydrogen (secondary N) is 1. The summed E-state index contributed by atoms with van der Waals surface area (Å²) in [6, 6.07) is 10.7. The lowest BCUT2D eigenvalue weighted by Crippen LogP contribution is -2.45. The molecule has 1 aromatic rings. The molecule has 0 saturated carbocycles. The van der Waals surface area contributed by atoms with Crippen molar-refractivity contribution in [1.82, 2.24) is 5.32 Å². The van der Waals surface area contributed by atoms with Crippen LogP contribution < -0.4 is 5.32 Å². The second-order valence-electron chi connectivity index (χ2n) is 5.45. The van der Waals surface area contributed by atoms with Crippen LogP contribution in [0, 0.1) is 5.92 Å². The summed E-state index contributed by atoms with van der Waals surface area (Å²) < 4.78 is 0. The number of rotatable bonds is 5. The highest BCUT2D eigenvalue weighted by Crippen LogP contribution is 2.22. The lowest BCUT2D eigenvalue weighted by Gasteiger charge is -2.33. The van der Waals surface area contributed by atoms with Crippen LogP contribution in [0.1, 0.15) is 38.2 Å². The highest BCUT2D eigenvalue weighted by atomic mass is 16.3. The van der Waals surface area contributed by atoms with Crippen molar-refractivity contribution in [1.29, 1.82) is 0 Å². The van der Waals surface area contributed by atoms with Crippen molar-refractivity contribution in [2.75, 3.05) is 6.54 Å². The standard InChI is InChI=1S/C16H25NO/c1-2-13-10-11-17-15(12-13)16(18)9-8-14-6-4-3-5-7-14/h3-7,13,15-18H,2,8-12H2,1H3. The van der Waals surface area contributed by atoms with Crippen molar-refractivity contribution in [3.8, 4) is 0 Å². The van der Waals surface area contributed by atoms with Crippen molar-refractivity contribution in [2.45, 2.75) is 51.2 Å². The van der Waals surface area contributed by atoms with E-state index in [0.29, 0.717) is 6.04 Å². The van der Waals surface area contributed by atoms with Gasteiger partial charge in [0, 0.05) is 6.04 Å². The molecule has 0 aliphatic carbocycles. The molecule has 1 heterocycles. The number of aliphatic hydroxyl groups is 1. The minimum atomic E-state index is -0.209. The number of hydrogen-bond acceptors (Lipinski definition) is 2. The van der Waals surface area contributed by atoms with Crippen molar-refractivity contribution in [3.05, 3.63) is 35.9 Å². The zero-order chi connectivity index (χ0) is 12.8. The lowest BCUT2D eigenvalue weighted by atomic mass is 9.86. The first-order valence-electron chi connectivity index (χ1n) is 7.25. The van der Waals surface area contributed by atoms with Crippen molar-refractivity contribution < 1.29 is 5.11 Å². The van der Waals surface area contributed by atoms with Crippen LogP contribution in [0.2, 0.25) is 0 Å². The van der Waals surface area contributed by atoms with Gasteiger partial charge in [-0.1, -0.05) is 43.7 Å². The van der Waals surface area contributed by atoms with Gasteiger partial charge in [-0.25, -0.2) is 0 Å². The third kappa shape index (κ3) is 3.82. The zero-order valence-electron chi connectivity index (χ0n) is 11.3. The molecule has 1 fully saturated rings. The molecule has 18 heavy (non-hydrogen) atoms. The van der Waals surface area contributed by atoms with Gasteiger partial charge < -0.3 is 10.4 Å². The quantitative estimate of drug-likeness (QED) is 0.838. The summed E-state index contributed by atoms with van der Waals surface area (Å²) in [5, 5.41) is 13.8. The molecule has 0 aromatic heterocycles. The van der Waals surface area contributed by atoms with Crippen molar-refractivity contribution in [2.24, 2.45) is 5.92 Å². The Bertz CT molecular complexity index is 338. The van der Waals surface area contributed by atoms with Crippen molar-refractivity contribution in [3.63, 3.8) is 0 Å². The number of piperidine rings is 1. The second kappa shape index (κ2) is 6.91. The van der Waals surface area contributed by atoms with Crippen LogP contribution in [0.5, 0.6) is 0 Å². The molecule has 100 valence electrons. The molecule has 0 spiro atoms. The first-order chi connectivity index (χ1) is 8.79. The molecule has 1 saturated heterocycles. The van der Waals surface area contributed by atoms with E-state index >= 15 is 0 Å². The van der Waals surface area contributed by atoms with Gasteiger partial charge in [-0.15, -0.1) is 0 Å². The highest BCUT2D eigenvalue weighted by molar-refractivity contribution is 5.14. The number of benzene rings is 1. The van der Waals surface area contributed by atoms with Crippen LogP contribution >= 0.6 is 0 Å². The Kier molecular flexibility index (Phi) is 5.21. The Morgan fingerprint density at radius 2 is 2.11 bits per heavy atom. The first kappa shape index (κ1) is 13.6. The van der Waals surface area contributed by atoms with E-state index in [4.69, 9.17) is 0 Å². The van der Waals surface area contributed by atoms with E-state index in [1.165, 1.54) is 18.4 Å². The average molecular weight is 247 g/mol. The van der Waals surface area contributed by atoms with Crippen LogP contribution in [0.4, 0.5) is 0 Å². The Balaban J connectivity index is 1.79. The molecule has 3 unspecified atom stereocenters. The summed E-state index contributed by atoms with van der Waals surface area (Å²) in [5.74, 6) is 0.794. The topological polar surface area (TPSA) is 32.3 Å². The fourth-order valence-electron chi connectivity index (χ4n) is 2.86. The van der Waals surface area contributed by atoms with Crippen LogP contribution in [-0.4, -0.2) is 23.8 Å². The normalized spacial score (nSPS) is 25.9. The first-order valence-corrected chi connectivity index (χ1v) is 7.25. The minimum Gasteiger partial charge on any atom is -0.391 e. The maximum atomic E-state index is 10.3. The van der Waals surface area contributed by atoms with Crippen LogP contribution in [0.3, 0.4) is 0 Å². The fraction of sp³-hybridized carbons (Fsp3) is 0.625. The van der Waals surface area contributed by atoms with Gasteiger partial charge in [0.2, 0.25) is 0 Å². The van der Waals surface area contributed by atoms with Gasteiger partial charge in [-0.05, 0) is 43.7 Å². The third-order valence-electron chi connectivity index (χ3n) is 4.16. The predicted octanol–water partition coefficient (Wildman–Crippen LogP) is 2.76. The molecule has 2 N–H and O–H groups in total. The Hall–Kier alpha value is -0.860. The SMILES string of the molecule is CCC1CCNC(C(O)CCc2ccccc2)C1. The number of aryl methyl sites for hydroxylation is 1. The van der Waals surface area contributed by atoms with E-state index < -0.39 is 0 Å². The molecule has 1 aliphatic heterocycles. The smallest absolute Gasteiger partial charge is 0.0696 e. The van der Waals surface area contributed by atoms with Gasteiger partial charge in [0.1, 0.15) is 0 Å². The maximum Gasteiger partial charge on any atom is 0.0696 e. The summed E-state index contributed by atoms with van der Waals surface area (Å²) in [6.45, 7) is 3.31. The lowest BCUT2D eigenvalue weighted by molar-refractivity contribution is 0.0905. The summed E-state index contributed by atoms with van der Waals surface area (Å²) in [5.41, 5.74) is 1.32. The number of hydrogen-bond donors (Lipinski definition) is 2. The van der Waals surface area contributed by atoms with E-state index in [1.54, 1.807) is 0 Å². The summed E-state index contributed by atoms with van der Waals surface area (Å²) in [6.07, 6.45) is 5.25. The van der Waals surface area contributed by atoms with Gasteiger partial charge in [-0.2, -0.15) is 0 Å². The van der Waals surface area contributed by atoms with Gasteiger partial charge in [0.05, 0.1) is 6.10 Å². The van der Waals surface area contributed by atoms with E-state index in [1.807, 2.05) is 6.07 Å². The van der Waals surface area contributed by atoms with E-state index in [-0.39, 0.29) is 6.10 Å². The van der Waals surface area contributed by atoms with Gasteiger partial charge in [0.25, 0.3) is 0 Å². The largest absolute Gasteiger partial charge is 0.391 e. The molecule has 0 bridgehead atoms. The Morgan fingerprint density at radius 3 is 2.83 bits per heavy atom. The third-order valence-corrected chi connectivity index (χ3v) is 4.16. The monoisotopic (exact) mass is 247 g/mol.